The molecular formula is C17H23N3O2S. The van der Waals surface area contributed by atoms with Crippen LogP contribution in [0.25, 0.3) is 11.0 Å². The number of hydrogen-bond acceptors (Lipinski definition) is 4. The summed E-state index contributed by atoms with van der Waals surface area (Å²) >= 11 is 1.53. The zero-order valence-electron chi connectivity index (χ0n) is 13.5. The number of benzene rings is 1. The highest BCUT2D eigenvalue weighted by Gasteiger charge is 2.18. The van der Waals surface area contributed by atoms with E-state index >= 15 is 0 Å². The number of methoxy groups -OCH3 is 1. The minimum Gasteiger partial charge on any atom is -0.383 e. The lowest BCUT2D eigenvalue weighted by molar-refractivity contribution is -0.129. The second kappa shape index (κ2) is 7.84. The highest BCUT2D eigenvalue weighted by atomic mass is 32.2. The number of piperidine rings is 1. The number of carbonyl (C=O) groups excluding carboxylic acids is 1. The van der Waals surface area contributed by atoms with Crippen molar-refractivity contribution >= 4 is 28.7 Å². The van der Waals surface area contributed by atoms with E-state index in [0.29, 0.717) is 12.4 Å². The number of fused-ring (bicyclic) bond motifs is 1. The van der Waals surface area contributed by atoms with Crippen LogP contribution in [0.1, 0.15) is 19.3 Å². The first kappa shape index (κ1) is 16.3. The van der Waals surface area contributed by atoms with Gasteiger partial charge < -0.3 is 14.2 Å². The van der Waals surface area contributed by atoms with Gasteiger partial charge in [-0.05, 0) is 31.4 Å². The van der Waals surface area contributed by atoms with E-state index < -0.39 is 0 Å². The average molecular weight is 333 g/mol. The molecule has 0 aliphatic carbocycles. The van der Waals surface area contributed by atoms with Gasteiger partial charge in [0.05, 0.1) is 23.4 Å². The Kier molecular flexibility index (Phi) is 5.56. The molecule has 5 nitrogen and oxygen atoms in total. The Morgan fingerprint density at radius 1 is 1.26 bits per heavy atom. The Bertz CT molecular complexity index is 665. The van der Waals surface area contributed by atoms with Crippen LogP contribution in [0.15, 0.2) is 29.4 Å². The molecule has 0 N–H and O–H groups in total. The number of thioether (sulfide) groups is 1. The Balaban J connectivity index is 1.72. The van der Waals surface area contributed by atoms with Crippen molar-refractivity contribution in [3.8, 4) is 0 Å². The van der Waals surface area contributed by atoms with Gasteiger partial charge in [0.25, 0.3) is 0 Å². The van der Waals surface area contributed by atoms with E-state index in [0.717, 1.165) is 48.7 Å². The third kappa shape index (κ3) is 3.87. The molecule has 2 heterocycles. The van der Waals surface area contributed by atoms with Crippen molar-refractivity contribution in [1.29, 1.82) is 0 Å². The van der Waals surface area contributed by atoms with Crippen molar-refractivity contribution in [3.63, 3.8) is 0 Å². The zero-order valence-corrected chi connectivity index (χ0v) is 14.3. The number of para-hydroxylation sites is 2. The molecule has 0 unspecified atom stereocenters. The van der Waals surface area contributed by atoms with Gasteiger partial charge in [0.2, 0.25) is 5.91 Å². The fourth-order valence-electron chi connectivity index (χ4n) is 2.92. The van der Waals surface area contributed by atoms with Crippen molar-refractivity contribution < 1.29 is 9.53 Å². The SMILES string of the molecule is COCCn1c(SCC(=O)N2CCCCC2)nc2ccccc21. The molecule has 6 heteroatoms. The molecule has 3 rings (SSSR count). The quantitative estimate of drug-likeness (QED) is 0.763. The summed E-state index contributed by atoms with van der Waals surface area (Å²) in [6.45, 7) is 3.18. The summed E-state index contributed by atoms with van der Waals surface area (Å²) < 4.78 is 7.35. The number of ether oxygens (including phenoxy) is 1. The van der Waals surface area contributed by atoms with Crippen LogP contribution in [0.3, 0.4) is 0 Å². The molecule has 1 fully saturated rings. The number of amides is 1. The van der Waals surface area contributed by atoms with E-state index in [-0.39, 0.29) is 5.91 Å². The standard InChI is InChI=1S/C17H23N3O2S/c1-22-12-11-20-15-8-4-3-7-14(15)18-17(20)23-13-16(21)19-9-5-2-6-10-19/h3-4,7-8H,2,5-6,9-13H2,1H3. The predicted molar refractivity (Wildman–Crippen MR) is 92.8 cm³/mol. The zero-order chi connectivity index (χ0) is 16.1. The van der Waals surface area contributed by atoms with Crippen LogP contribution in [0.4, 0.5) is 0 Å². The topological polar surface area (TPSA) is 47.4 Å². The van der Waals surface area contributed by atoms with Crippen LogP contribution in [-0.2, 0) is 16.1 Å². The monoisotopic (exact) mass is 333 g/mol. The number of rotatable bonds is 6. The molecule has 124 valence electrons. The number of hydrogen-bond donors (Lipinski definition) is 0. The van der Waals surface area contributed by atoms with Crippen LogP contribution in [-0.4, -0.2) is 52.9 Å². The van der Waals surface area contributed by atoms with Gasteiger partial charge in [-0.2, -0.15) is 0 Å². The van der Waals surface area contributed by atoms with Crippen molar-refractivity contribution in [2.45, 2.75) is 31.0 Å². The van der Waals surface area contributed by atoms with E-state index in [2.05, 4.69) is 15.6 Å². The second-order valence-corrected chi connectivity index (χ2v) is 6.70. The molecule has 1 aromatic heterocycles. The molecule has 1 aliphatic rings. The maximum absolute atomic E-state index is 12.4. The van der Waals surface area contributed by atoms with Crippen LogP contribution in [0, 0.1) is 0 Å². The number of imidazole rings is 1. The van der Waals surface area contributed by atoms with E-state index in [1.165, 1.54) is 18.2 Å². The fourth-order valence-corrected chi connectivity index (χ4v) is 3.87. The molecule has 2 aromatic rings. The Morgan fingerprint density at radius 2 is 2.04 bits per heavy atom. The molecule has 0 spiro atoms. The number of likely N-dealkylation sites (tertiary alicyclic amines) is 1. The summed E-state index contributed by atoms with van der Waals surface area (Å²) in [5.41, 5.74) is 2.06. The van der Waals surface area contributed by atoms with E-state index in [1.807, 2.05) is 23.1 Å². The van der Waals surface area contributed by atoms with Crippen molar-refractivity contribution in [2.75, 3.05) is 32.6 Å². The summed E-state index contributed by atoms with van der Waals surface area (Å²) in [5, 5.41) is 0.897. The third-order valence-corrected chi connectivity index (χ3v) is 5.13. The van der Waals surface area contributed by atoms with E-state index in [4.69, 9.17) is 4.74 Å². The molecule has 0 saturated carbocycles. The van der Waals surface area contributed by atoms with Gasteiger partial charge in [-0.25, -0.2) is 4.98 Å². The number of aromatic nitrogens is 2. The molecule has 23 heavy (non-hydrogen) atoms. The number of nitrogens with zero attached hydrogens (tertiary/aromatic N) is 3. The summed E-state index contributed by atoms with van der Waals surface area (Å²) in [4.78, 5) is 19.0. The van der Waals surface area contributed by atoms with Gasteiger partial charge in [-0.1, -0.05) is 23.9 Å². The van der Waals surface area contributed by atoms with Crippen LogP contribution in [0.5, 0.6) is 0 Å². The van der Waals surface area contributed by atoms with Gasteiger partial charge in [-0.15, -0.1) is 0 Å². The average Bonchev–Trinajstić information content (AvgIpc) is 2.96. The first-order valence-electron chi connectivity index (χ1n) is 8.14. The van der Waals surface area contributed by atoms with Gasteiger partial charge in [0, 0.05) is 26.7 Å². The molecule has 0 radical (unpaired) electrons. The Morgan fingerprint density at radius 3 is 2.83 bits per heavy atom. The summed E-state index contributed by atoms with van der Waals surface area (Å²) in [6, 6.07) is 8.08. The summed E-state index contributed by atoms with van der Waals surface area (Å²) in [5.74, 6) is 0.677. The molecule has 1 aliphatic heterocycles. The number of carbonyl (C=O) groups is 1. The van der Waals surface area contributed by atoms with Gasteiger partial charge >= 0.3 is 0 Å². The van der Waals surface area contributed by atoms with E-state index in [9.17, 15) is 4.79 Å². The lowest BCUT2D eigenvalue weighted by Gasteiger charge is -2.26. The Labute approximate surface area is 141 Å². The van der Waals surface area contributed by atoms with Gasteiger partial charge in [0.1, 0.15) is 0 Å². The minimum atomic E-state index is 0.222. The highest BCUT2D eigenvalue weighted by Crippen LogP contribution is 2.24. The van der Waals surface area contributed by atoms with Crippen molar-refractivity contribution in [1.82, 2.24) is 14.5 Å². The van der Waals surface area contributed by atoms with Crippen molar-refractivity contribution in [3.05, 3.63) is 24.3 Å². The maximum Gasteiger partial charge on any atom is 0.233 e. The fraction of sp³-hybridized carbons (Fsp3) is 0.529. The van der Waals surface area contributed by atoms with Crippen LogP contribution < -0.4 is 0 Å². The molecule has 1 aromatic carbocycles. The third-order valence-electron chi connectivity index (χ3n) is 4.17. The highest BCUT2D eigenvalue weighted by molar-refractivity contribution is 7.99. The predicted octanol–water partition coefficient (Wildman–Crippen LogP) is 2.79. The van der Waals surface area contributed by atoms with Crippen molar-refractivity contribution in [2.24, 2.45) is 0 Å². The normalized spacial score (nSPS) is 15.3. The summed E-state index contributed by atoms with van der Waals surface area (Å²) in [7, 11) is 1.70. The molecule has 1 saturated heterocycles. The first-order valence-corrected chi connectivity index (χ1v) is 9.13. The lowest BCUT2D eigenvalue weighted by Crippen LogP contribution is -2.36. The maximum atomic E-state index is 12.4. The second-order valence-electron chi connectivity index (χ2n) is 5.76. The van der Waals surface area contributed by atoms with Crippen LogP contribution in [0.2, 0.25) is 0 Å². The van der Waals surface area contributed by atoms with Crippen LogP contribution >= 0.6 is 11.8 Å². The minimum absolute atomic E-state index is 0.222. The molecule has 0 atom stereocenters. The largest absolute Gasteiger partial charge is 0.383 e. The molecule has 1 amide bonds. The van der Waals surface area contributed by atoms with Gasteiger partial charge in [-0.3, -0.25) is 4.79 Å². The summed E-state index contributed by atoms with van der Waals surface area (Å²) in [6.07, 6.45) is 3.50. The van der Waals surface area contributed by atoms with Gasteiger partial charge in [0.15, 0.2) is 5.16 Å². The first-order chi connectivity index (χ1) is 11.3. The molecular weight excluding hydrogens is 310 g/mol. The van der Waals surface area contributed by atoms with E-state index in [1.54, 1.807) is 7.11 Å². The molecule has 0 bridgehead atoms. The smallest absolute Gasteiger partial charge is 0.233 e. The lowest BCUT2D eigenvalue weighted by atomic mass is 10.1. The Hall–Kier alpha value is -1.53.